The van der Waals surface area contributed by atoms with Gasteiger partial charge in [-0.1, -0.05) is 48.0 Å². The monoisotopic (exact) mass is 502 g/mol. The maximum atomic E-state index is 12.6. The maximum Gasteiger partial charge on any atom is 0.246 e. The first-order chi connectivity index (χ1) is 17.6. The average molecular weight is 503 g/mol. The summed E-state index contributed by atoms with van der Waals surface area (Å²) in [5.74, 6) is 1.83. The molecule has 2 aromatic heterocycles. The second-order valence-electron chi connectivity index (χ2n) is 8.62. The van der Waals surface area contributed by atoms with Crippen molar-refractivity contribution in [3.63, 3.8) is 0 Å². The number of fused-ring (bicyclic) bond motifs is 1. The van der Waals surface area contributed by atoms with Crippen molar-refractivity contribution in [1.82, 2.24) is 24.8 Å². The van der Waals surface area contributed by atoms with Gasteiger partial charge in [-0.2, -0.15) is 0 Å². The molecule has 1 aliphatic rings. The predicted octanol–water partition coefficient (Wildman–Crippen LogP) is 4.68. The highest BCUT2D eigenvalue weighted by atomic mass is 35.5. The topological polar surface area (TPSA) is 98.3 Å². The number of anilines is 1. The first-order valence-electron chi connectivity index (χ1n) is 11.8. The van der Waals surface area contributed by atoms with E-state index >= 15 is 0 Å². The fourth-order valence-electron chi connectivity index (χ4n) is 4.58. The lowest BCUT2D eigenvalue weighted by Gasteiger charge is -2.17. The number of carbonyl (C=O) groups is 1. The SMILES string of the molecule is CNC/C=C/C(=O)N1CC[C@@H](n2c(Cl)c(-c3ccc(Oc4ccccc4)cc3)c3c(N)ncnc32)C1. The number of likely N-dealkylation sites (tertiary alicyclic amines) is 1. The zero-order chi connectivity index (χ0) is 25.1. The van der Waals surface area contributed by atoms with E-state index in [9.17, 15) is 4.79 Å². The normalized spacial score (nSPS) is 15.7. The number of aromatic nitrogens is 3. The van der Waals surface area contributed by atoms with E-state index in [1.165, 1.54) is 6.33 Å². The third-order valence-electron chi connectivity index (χ3n) is 6.30. The van der Waals surface area contributed by atoms with E-state index in [-0.39, 0.29) is 11.9 Å². The molecule has 0 spiro atoms. The number of para-hydroxylation sites is 1. The summed E-state index contributed by atoms with van der Waals surface area (Å²) in [6.45, 7) is 1.83. The number of nitrogens with zero attached hydrogens (tertiary/aromatic N) is 4. The zero-order valence-corrected chi connectivity index (χ0v) is 20.7. The summed E-state index contributed by atoms with van der Waals surface area (Å²) >= 11 is 7.02. The molecule has 1 aliphatic heterocycles. The van der Waals surface area contributed by atoms with Gasteiger partial charge in [0.05, 0.1) is 11.4 Å². The Bertz CT molecular complexity index is 1400. The molecule has 36 heavy (non-hydrogen) atoms. The van der Waals surface area contributed by atoms with E-state index in [1.54, 1.807) is 6.08 Å². The predicted molar refractivity (Wildman–Crippen MR) is 142 cm³/mol. The fraction of sp³-hybridized carbons (Fsp3) is 0.222. The first-order valence-corrected chi connectivity index (χ1v) is 12.2. The van der Waals surface area contributed by atoms with Gasteiger partial charge in [0.2, 0.25) is 5.91 Å². The Labute approximate surface area is 214 Å². The van der Waals surface area contributed by atoms with Crippen molar-refractivity contribution in [2.24, 2.45) is 0 Å². The summed E-state index contributed by atoms with van der Waals surface area (Å²) in [6, 6.07) is 17.3. The number of ether oxygens (including phenoxy) is 1. The van der Waals surface area contributed by atoms with Gasteiger partial charge in [-0.25, -0.2) is 9.97 Å². The van der Waals surface area contributed by atoms with Crippen LogP contribution in [0.2, 0.25) is 5.15 Å². The number of nitrogens with two attached hydrogens (primary N) is 1. The number of benzene rings is 2. The summed E-state index contributed by atoms with van der Waals surface area (Å²) < 4.78 is 7.92. The molecule has 0 radical (unpaired) electrons. The van der Waals surface area contributed by atoms with Crippen molar-refractivity contribution in [2.45, 2.75) is 12.5 Å². The molecule has 2 aromatic carbocycles. The number of hydrogen-bond acceptors (Lipinski definition) is 6. The number of carbonyl (C=O) groups excluding carboxylic acids is 1. The Kier molecular flexibility index (Phi) is 6.88. The smallest absolute Gasteiger partial charge is 0.246 e. The highest BCUT2D eigenvalue weighted by Crippen LogP contribution is 2.43. The van der Waals surface area contributed by atoms with E-state index in [2.05, 4.69) is 15.3 Å². The van der Waals surface area contributed by atoms with Crippen molar-refractivity contribution < 1.29 is 9.53 Å². The van der Waals surface area contributed by atoms with Crippen molar-refractivity contribution in [3.8, 4) is 22.6 Å². The highest BCUT2D eigenvalue weighted by molar-refractivity contribution is 6.35. The van der Waals surface area contributed by atoms with Gasteiger partial charge in [0, 0.05) is 31.3 Å². The summed E-state index contributed by atoms with van der Waals surface area (Å²) in [4.78, 5) is 23.2. The molecule has 184 valence electrons. The molecule has 8 nitrogen and oxygen atoms in total. The molecule has 3 N–H and O–H groups in total. The zero-order valence-electron chi connectivity index (χ0n) is 19.9. The molecule has 1 atom stereocenters. The molecule has 0 bridgehead atoms. The number of likely N-dealkylation sites (N-methyl/N-ethyl adjacent to an activating group) is 1. The molecule has 1 saturated heterocycles. The highest BCUT2D eigenvalue weighted by Gasteiger charge is 2.31. The van der Waals surface area contributed by atoms with Gasteiger partial charge in [0.15, 0.2) is 0 Å². The van der Waals surface area contributed by atoms with Crippen molar-refractivity contribution in [2.75, 3.05) is 32.4 Å². The molecular weight excluding hydrogens is 476 g/mol. The Balaban J connectivity index is 1.47. The Morgan fingerprint density at radius 2 is 1.92 bits per heavy atom. The van der Waals surface area contributed by atoms with Crippen LogP contribution in [0.25, 0.3) is 22.2 Å². The van der Waals surface area contributed by atoms with Crippen LogP contribution in [0, 0.1) is 0 Å². The van der Waals surface area contributed by atoms with Gasteiger partial charge in [-0.3, -0.25) is 4.79 Å². The maximum absolute atomic E-state index is 12.6. The van der Waals surface area contributed by atoms with Crippen LogP contribution in [0.3, 0.4) is 0 Å². The second kappa shape index (κ2) is 10.4. The lowest BCUT2D eigenvalue weighted by molar-refractivity contribution is -0.125. The molecule has 9 heteroatoms. The lowest BCUT2D eigenvalue weighted by atomic mass is 10.1. The van der Waals surface area contributed by atoms with E-state index in [0.717, 1.165) is 23.3 Å². The van der Waals surface area contributed by atoms with E-state index in [4.69, 9.17) is 22.1 Å². The lowest BCUT2D eigenvalue weighted by Crippen LogP contribution is -2.27. The van der Waals surface area contributed by atoms with Crippen LogP contribution in [-0.4, -0.2) is 52.0 Å². The molecule has 3 heterocycles. The Hall–Kier alpha value is -3.88. The third-order valence-corrected chi connectivity index (χ3v) is 6.67. The van der Waals surface area contributed by atoms with Crippen LogP contribution in [0.5, 0.6) is 11.5 Å². The summed E-state index contributed by atoms with van der Waals surface area (Å²) in [5, 5.41) is 4.24. The molecule has 5 rings (SSSR count). The van der Waals surface area contributed by atoms with Crippen LogP contribution in [0.15, 0.2) is 73.1 Å². The number of halogens is 1. The van der Waals surface area contributed by atoms with Crippen LogP contribution < -0.4 is 15.8 Å². The largest absolute Gasteiger partial charge is 0.457 e. The minimum Gasteiger partial charge on any atom is -0.457 e. The molecule has 0 aliphatic carbocycles. The van der Waals surface area contributed by atoms with E-state index < -0.39 is 0 Å². The van der Waals surface area contributed by atoms with Crippen molar-refractivity contribution in [1.29, 1.82) is 0 Å². The summed E-state index contributed by atoms with van der Waals surface area (Å²) in [7, 11) is 1.84. The minimum absolute atomic E-state index is 0.0105. The number of hydrogen-bond donors (Lipinski definition) is 2. The Morgan fingerprint density at radius 1 is 1.17 bits per heavy atom. The fourth-order valence-corrected chi connectivity index (χ4v) is 5.00. The minimum atomic E-state index is -0.0228. The third kappa shape index (κ3) is 4.65. The van der Waals surface area contributed by atoms with Gasteiger partial charge in [0.25, 0.3) is 0 Å². The molecule has 1 amide bonds. The van der Waals surface area contributed by atoms with Crippen LogP contribution in [-0.2, 0) is 4.79 Å². The van der Waals surface area contributed by atoms with Crippen molar-refractivity contribution in [3.05, 3.63) is 78.2 Å². The molecular formula is C27H27ClN6O2. The molecule has 0 unspecified atom stereocenters. The second-order valence-corrected chi connectivity index (χ2v) is 8.98. The molecule has 0 saturated carbocycles. The summed E-state index contributed by atoms with van der Waals surface area (Å²) in [5.41, 5.74) is 8.64. The number of nitrogen functional groups attached to an aromatic ring is 1. The van der Waals surface area contributed by atoms with Crippen molar-refractivity contribution >= 4 is 34.4 Å². The van der Waals surface area contributed by atoms with Crippen LogP contribution in [0.4, 0.5) is 5.82 Å². The van der Waals surface area contributed by atoms with Gasteiger partial charge >= 0.3 is 0 Å². The standard InChI is InChI=1S/C27H27ClN6O2/c1-30-14-5-8-22(35)33-15-13-19(16-33)34-25(28)23(24-26(29)31-17-32-27(24)34)18-9-11-21(12-10-18)36-20-6-3-2-4-7-20/h2-12,17,19,30H,13-16H2,1H3,(H2,29,31,32)/b8-5+/t19-/m1/s1. The van der Waals surface area contributed by atoms with Gasteiger partial charge in [-0.15, -0.1) is 0 Å². The number of amides is 1. The van der Waals surface area contributed by atoms with Gasteiger partial charge < -0.3 is 25.3 Å². The van der Waals surface area contributed by atoms with Crippen LogP contribution in [0.1, 0.15) is 12.5 Å². The number of rotatable bonds is 7. The number of nitrogens with one attached hydrogen (secondary N) is 1. The van der Waals surface area contributed by atoms with Gasteiger partial charge in [-0.05, 0) is 43.3 Å². The Morgan fingerprint density at radius 3 is 2.67 bits per heavy atom. The van der Waals surface area contributed by atoms with E-state index in [0.29, 0.717) is 47.4 Å². The average Bonchev–Trinajstić information content (AvgIpc) is 3.48. The van der Waals surface area contributed by atoms with Gasteiger partial charge in [0.1, 0.15) is 34.4 Å². The first kappa shape index (κ1) is 23.8. The van der Waals surface area contributed by atoms with Crippen LogP contribution >= 0.6 is 11.6 Å². The molecule has 1 fully saturated rings. The summed E-state index contributed by atoms with van der Waals surface area (Å²) in [6.07, 6.45) is 5.65. The molecule has 4 aromatic rings. The van der Waals surface area contributed by atoms with E-state index in [1.807, 2.05) is 77.2 Å². The quantitative estimate of drug-likeness (QED) is 0.356.